The van der Waals surface area contributed by atoms with Gasteiger partial charge in [0.05, 0.1) is 0 Å². The minimum Gasteiger partial charge on any atom is -0.456 e. The predicted octanol–water partition coefficient (Wildman–Crippen LogP) is 3.21. The van der Waals surface area contributed by atoms with Crippen LogP contribution in [0.1, 0.15) is 6.92 Å². The predicted molar refractivity (Wildman–Crippen MR) is 75.9 cm³/mol. The van der Waals surface area contributed by atoms with Crippen molar-refractivity contribution in [1.29, 1.82) is 0 Å². The molecule has 97 valence electrons. The van der Waals surface area contributed by atoms with E-state index in [9.17, 15) is 0 Å². The van der Waals surface area contributed by atoms with Gasteiger partial charge < -0.3 is 13.0 Å². The van der Waals surface area contributed by atoms with Crippen LogP contribution in [0.2, 0.25) is 44.3 Å². The van der Waals surface area contributed by atoms with Crippen LogP contribution in [-0.2, 0) is 13.0 Å². The van der Waals surface area contributed by atoms with E-state index in [1.165, 1.54) is 6.04 Å². The van der Waals surface area contributed by atoms with E-state index in [1.54, 1.807) is 14.2 Å². The van der Waals surface area contributed by atoms with Crippen LogP contribution in [0.5, 0.6) is 0 Å². The van der Waals surface area contributed by atoms with Gasteiger partial charge in [0.1, 0.15) is 0 Å². The number of hydrogen-bond acceptors (Lipinski definition) is 3. The summed E-state index contributed by atoms with van der Waals surface area (Å²) in [6, 6.07) is 3.36. The van der Waals surface area contributed by atoms with Crippen molar-refractivity contribution < 1.29 is 13.0 Å². The Morgan fingerprint density at radius 2 is 1.44 bits per heavy atom. The van der Waals surface area contributed by atoms with Crippen molar-refractivity contribution in [3.8, 4) is 0 Å². The highest BCUT2D eigenvalue weighted by Crippen LogP contribution is 2.23. The molecule has 16 heavy (non-hydrogen) atoms. The van der Waals surface area contributed by atoms with Crippen LogP contribution in [0.4, 0.5) is 0 Å². The van der Waals surface area contributed by atoms with E-state index >= 15 is 0 Å². The van der Waals surface area contributed by atoms with Crippen molar-refractivity contribution >= 4 is 25.9 Å². The molecular weight excluding hydrogens is 252 g/mol. The quantitative estimate of drug-likeness (QED) is 0.639. The van der Waals surface area contributed by atoms with Gasteiger partial charge >= 0.3 is 9.28 Å². The highest BCUT2D eigenvalue weighted by atomic mass is 28.4. The summed E-state index contributed by atoms with van der Waals surface area (Å²) in [7, 11) is -0.521. The Hall–Kier alpha value is 0.531. The molecule has 3 nitrogen and oxygen atoms in total. The maximum atomic E-state index is 6.40. The lowest BCUT2D eigenvalue weighted by molar-refractivity contribution is 0.278. The monoisotopic (exact) mass is 279 g/mol. The van der Waals surface area contributed by atoms with Gasteiger partial charge in [-0.15, -0.1) is 0 Å². The lowest BCUT2D eigenvalue weighted by atomic mass is 10.9. The molecule has 0 fully saturated rings. The lowest BCUT2D eigenvalue weighted by Crippen LogP contribution is -2.44. The minimum absolute atomic E-state index is 1.03. The summed E-state index contributed by atoms with van der Waals surface area (Å²) in [5.74, 6) is 0. The molecule has 0 aliphatic rings. The number of hydrogen-bond donors (Lipinski definition) is 0. The van der Waals surface area contributed by atoms with Gasteiger partial charge in [0.2, 0.25) is 0 Å². The fourth-order valence-electron chi connectivity index (χ4n) is 1.56. The third-order valence-corrected chi connectivity index (χ3v) is 12.4. The Bertz CT molecular complexity index is 194. The summed E-state index contributed by atoms with van der Waals surface area (Å²) in [6.45, 7) is 11.5. The Balaban J connectivity index is 4.14. The van der Waals surface area contributed by atoms with E-state index in [0.717, 1.165) is 12.1 Å². The maximum absolute atomic E-state index is 6.40. The minimum atomic E-state index is -1.53. The van der Waals surface area contributed by atoms with E-state index in [1.807, 2.05) is 0 Å². The summed E-state index contributed by atoms with van der Waals surface area (Å²) < 4.78 is 17.0. The summed E-state index contributed by atoms with van der Waals surface area (Å²) in [4.78, 5) is 0. The van der Waals surface area contributed by atoms with E-state index in [-0.39, 0.29) is 0 Å². The van der Waals surface area contributed by atoms with Crippen LogP contribution in [0.25, 0.3) is 0 Å². The highest BCUT2D eigenvalue weighted by molar-refractivity contribution is 6.85. The van der Waals surface area contributed by atoms with Crippen LogP contribution in [0.15, 0.2) is 0 Å². The normalized spacial score (nSPS) is 13.5. The molecule has 0 saturated heterocycles. The van der Waals surface area contributed by atoms with Crippen LogP contribution in [0.3, 0.4) is 0 Å². The molecule has 0 saturated carbocycles. The van der Waals surface area contributed by atoms with Gasteiger partial charge in [-0.05, 0) is 44.3 Å². The first-order chi connectivity index (χ1) is 7.26. The largest absolute Gasteiger partial charge is 0.456 e. The zero-order chi connectivity index (χ0) is 12.8. The zero-order valence-electron chi connectivity index (χ0n) is 11.8. The van der Waals surface area contributed by atoms with Crippen molar-refractivity contribution in [2.75, 3.05) is 14.2 Å². The molecule has 0 amide bonds. The van der Waals surface area contributed by atoms with Gasteiger partial charge in [0.25, 0.3) is 0 Å². The highest BCUT2D eigenvalue weighted by Gasteiger charge is 2.32. The van der Waals surface area contributed by atoms with Crippen molar-refractivity contribution in [2.45, 2.75) is 51.2 Å². The van der Waals surface area contributed by atoms with Gasteiger partial charge in [0, 0.05) is 14.2 Å². The van der Waals surface area contributed by atoms with Crippen molar-refractivity contribution in [3.05, 3.63) is 0 Å². The van der Waals surface area contributed by atoms with Crippen LogP contribution in [-0.4, -0.2) is 40.1 Å². The topological polar surface area (TPSA) is 27.7 Å². The van der Waals surface area contributed by atoms with E-state index in [2.05, 4.69) is 33.1 Å². The Labute approximate surface area is 105 Å². The van der Waals surface area contributed by atoms with Crippen molar-refractivity contribution in [2.24, 2.45) is 0 Å². The zero-order valence-corrected chi connectivity index (χ0v) is 14.8. The van der Waals surface area contributed by atoms with Crippen LogP contribution >= 0.6 is 0 Å². The molecule has 0 aromatic heterocycles. The van der Waals surface area contributed by atoms with Gasteiger partial charge in [-0.25, -0.2) is 0 Å². The lowest BCUT2D eigenvalue weighted by Gasteiger charge is -2.33. The molecule has 0 heterocycles. The first-order valence-electron chi connectivity index (χ1n) is 5.90. The first-order valence-corrected chi connectivity index (χ1v) is 13.7. The SMILES string of the molecule is CC[Si](C)(C)O[Si](C)(C)CC[Si](OC)OC. The summed E-state index contributed by atoms with van der Waals surface area (Å²) >= 11 is 0. The second-order valence-corrected chi connectivity index (χ2v) is 16.4. The molecule has 0 rings (SSSR count). The Morgan fingerprint density at radius 3 is 1.81 bits per heavy atom. The molecule has 0 atom stereocenters. The first kappa shape index (κ1) is 16.5. The Morgan fingerprint density at radius 1 is 0.938 bits per heavy atom. The molecule has 0 N–H and O–H groups in total. The fraction of sp³-hybridized carbons (Fsp3) is 1.00. The fourth-order valence-corrected chi connectivity index (χ4v) is 12.3. The van der Waals surface area contributed by atoms with Gasteiger partial charge in [-0.2, -0.15) is 0 Å². The second kappa shape index (κ2) is 7.07. The Kier molecular flexibility index (Phi) is 7.31. The summed E-state index contributed by atoms with van der Waals surface area (Å²) in [5.41, 5.74) is 0. The molecule has 6 heteroatoms. The molecule has 0 unspecified atom stereocenters. The van der Waals surface area contributed by atoms with Gasteiger partial charge in [0.15, 0.2) is 16.6 Å². The summed E-state index contributed by atoms with van der Waals surface area (Å²) in [6.07, 6.45) is 0. The molecule has 0 aromatic rings. The van der Waals surface area contributed by atoms with E-state index < -0.39 is 25.9 Å². The molecule has 1 radical (unpaired) electrons. The van der Waals surface area contributed by atoms with Crippen molar-refractivity contribution in [3.63, 3.8) is 0 Å². The second-order valence-electron chi connectivity index (χ2n) is 5.26. The molecule has 0 aliphatic carbocycles. The molecule has 0 aromatic carbocycles. The van der Waals surface area contributed by atoms with E-state index in [0.29, 0.717) is 0 Å². The van der Waals surface area contributed by atoms with E-state index in [4.69, 9.17) is 13.0 Å². The molecule has 0 bridgehead atoms. The standard InChI is InChI=1S/C10H27O3Si3/c1-8-15(4,5)13-16(6,7)10-9-14(11-2)12-3/h8-10H2,1-7H3. The van der Waals surface area contributed by atoms with Crippen molar-refractivity contribution in [1.82, 2.24) is 0 Å². The molecule has 0 spiro atoms. The van der Waals surface area contributed by atoms with Gasteiger partial charge in [-0.1, -0.05) is 6.92 Å². The molecular formula is C10H27O3Si3. The van der Waals surface area contributed by atoms with Gasteiger partial charge in [-0.3, -0.25) is 0 Å². The third-order valence-electron chi connectivity index (χ3n) is 2.79. The average molecular weight is 280 g/mol. The van der Waals surface area contributed by atoms with Crippen LogP contribution < -0.4 is 0 Å². The summed E-state index contributed by atoms with van der Waals surface area (Å²) in [5, 5.41) is 0. The molecule has 0 aliphatic heterocycles. The number of rotatable bonds is 8. The third kappa shape index (κ3) is 6.97. The average Bonchev–Trinajstić information content (AvgIpc) is 2.18. The smallest absolute Gasteiger partial charge is 0.383 e. The van der Waals surface area contributed by atoms with Crippen LogP contribution in [0, 0.1) is 0 Å². The maximum Gasteiger partial charge on any atom is 0.383 e.